The molecule has 0 radical (unpaired) electrons. The summed E-state index contributed by atoms with van der Waals surface area (Å²) < 4.78 is 0. The molecule has 0 aliphatic carbocycles. The van der Waals surface area contributed by atoms with E-state index in [1.54, 1.807) is 6.92 Å². The Bertz CT molecular complexity index is 250. The molecule has 1 unspecified atom stereocenters. The average molecular weight is 327 g/mol. The Morgan fingerprint density at radius 3 is 1.52 bits per heavy atom. The molecule has 0 aliphatic rings. The zero-order valence-electron chi connectivity index (χ0n) is 16.0. The Balaban J connectivity index is 3.14. The van der Waals surface area contributed by atoms with Crippen molar-refractivity contribution in [2.75, 3.05) is 0 Å². The topological polar surface area (TPSA) is 37.3 Å². The van der Waals surface area contributed by atoms with E-state index in [-0.39, 0.29) is 6.10 Å². The van der Waals surface area contributed by atoms with E-state index in [2.05, 4.69) is 6.92 Å². The number of unbranched alkanes of at least 4 members (excludes halogenated alkanes) is 12. The molecule has 0 fully saturated rings. The van der Waals surface area contributed by atoms with E-state index >= 15 is 0 Å². The van der Waals surface area contributed by atoms with Crippen molar-refractivity contribution in [3.05, 3.63) is 0 Å². The molecular formula is C21H42O2. The summed E-state index contributed by atoms with van der Waals surface area (Å²) in [5.41, 5.74) is 0. The number of aliphatic hydroxyl groups is 1. The normalized spacial score (nSPS) is 12.5. The molecule has 2 nitrogen and oxygen atoms in total. The van der Waals surface area contributed by atoms with Gasteiger partial charge in [0.1, 0.15) is 5.78 Å². The fraction of sp³-hybridized carbons (Fsp3) is 0.952. The predicted molar refractivity (Wildman–Crippen MR) is 101 cm³/mol. The van der Waals surface area contributed by atoms with Crippen LogP contribution in [0, 0.1) is 0 Å². The molecule has 0 aromatic heterocycles. The number of hydrogen-bond donors (Lipinski definition) is 1. The van der Waals surface area contributed by atoms with Crippen molar-refractivity contribution in [1.29, 1.82) is 0 Å². The van der Waals surface area contributed by atoms with Crippen molar-refractivity contribution in [2.45, 2.75) is 129 Å². The average Bonchev–Trinajstić information content (AvgIpc) is 2.52. The molecule has 1 atom stereocenters. The van der Waals surface area contributed by atoms with Crippen LogP contribution in [0.15, 0.2) is 0 Å². The van der Waals surface area contributed by atoms with Crippen LogP contribution in [-0.2, 0) is 4.79 Å². The summed E-state index contributed by atoms with van der Waals surface area (Å²) in [5, 5.41) is 9.97. The highest BCUT2D eigenvalue weighted by Crippen LogP contribution is 2.14. The van der Waals surface area contributed by atoms with Crippen LogP contribution in [0.3, 0.4) is 0 Å². The van der Waals surface area contributed by atoms with E-state index in [4.69, 9.17) is 0 Å². The number of aliphatic hydroxyl groups excluding tert-OH is 1. The maximum Gasteiger partial charge on any atom is 0.129 e. The third kappa shape index (κ3) is 19.6. The van der Waals surface area contributed by atoms with Crippen LogP contribution in [0.25, 0.3) is 0 Å². The van der Waals surface area contributed by atoms with Gasteiger partial charge in [-0.3, -0.25) is 0 Å². The summed E-state index contributed by atoms with van der Waals surface area (Å²) in [7, 11) is 0. The molecule has 0 aromatic rings. The number of carbonyl (C=O) groups is 1. The Kier molecular flexibility index (Phi) is 17.7. The monoisotopic (exact) mass is 326 g/mol. The molecule has 23 heavy (non-hydrogen) atoms. The van der Waals surface area contributed by atoms with Gasteiger partial charge in [0, 0.05) is 6.42 Å². The number of carbonyl (C=O) groups excluding carboxylic acids is 1. The molecule has 1 N–H and O–H groups in total. The van der Waals surface area contributed by atoms with E-state index in [1.807, 2.05) is 0 Å². The first-order valence-electron chi connectivity index (χ1n) is 10.3. The number of ketones is 1. The maximum absolute atomic E-state index is 10.8. The highest BCUT2D eigenvalue weighted by atomic mass is 16.3. The third-order valence-electron chi connectivity index (χ3n) is 4.71. The van der Waals surface area contributed by atoms with Crippen molar-refractivity contribution >= 4 is 5.78 Å². The first kappa shape index (κ1) is 22.6. The molecule has 138 valence electrons. The lowest BCUT2D eigenvalue weighted by Crippen LogP contribution is -2.05. The fourth-order valence-electron chi connectivity index (χ4n) is 3.12. The van der Waals surface area contributed by atoms with Gasteiger partial charge in [0.2, 0.25) is 0 Å². The van der Waals surface area contributed by atoms with Crippen LogP contribution >= 0.6 is 0 Å². The third-order valence-corrected chi connectivity index (χ3v) is 4.71. The molecule has 0 saturated carbocycles. The van der Waals surface area contributed by atoms with Crippen molar-refractivity contribution < 1.29 is 9.90 Å². The zero-order valence-corrected chi connectivity index (χ0v) is 16.0. The Morgan fingerprint density at radius 2 is 1.09 bits per heavy atom. The minimum absolute atomic E-state index is 0.0623. The molecule has 0 aromatic carbocycles. The van der Waals surface area contributed by atoms with E-state index in [0.29, 0.717) is 5.78 Å². The standard InChI is InChI=1S/C21H42O2/c1-3-4-5-6-12-15-18-21(23)19-16-13-10-8-7-9-11-14-17-20(2)22/h21,23H,3-19H2,1-2H3. The highest BCUT2D eigenvalue weighted by molar-refractivity contribution is 5.75. The Morgan fingerprint density at radius 1 is 0.696 bits per heavy atom. The second kappa shape index (κ2) is 18.0. The molecule has 0 rings (SSSR count). The quantitative estimate of drug-likeness (QED) is 0.288. The van der Waals surface area contributed by atoms with Gasteiger partial charge in [-0.2, -0.15) is 0 Å². The lowest BCUT2D eigenvalue weighted by molar-refractivity contribution is -0.117. The van der Waals surface area contributed by atoms with Gasteiger partial charge >= 0.3 is 0 Å². The van der Waals surface area contributed by atoms with Gasteiger partial charge in [-0.25, -0.2) is 0 Å². The largest absolute Gasteiger partial charge is 0.393 e. The van der Waals surface area contributed by atoms with Crippen molar-refractivity contribution in [2.24, 2.45) is 0 Å². The Hall–Kier alpha value is -0.370. The first-order chi connectivity index (χ1) is 11.2. The highest BCUT2D eigenvalue weighted by Gasteiger charge is 2.03. The minimum Gasteiger partial charge on any atom is -0.393 e. The molecular weight excluding hydrogens is 284 g/mol. The molecule has 0 saturated heterocycles. The van der Waals surface area contributed by atoms with Gasteiger partial charge in [0.15, 0.2) is 0 Å². The van der Waals surface area contributed by atoms with Crippen LogP contribution in [0.4, 0.5) is 0 Å². The zero-order chi connectivity index (χ0) is 17.2. The molecule has 0 spiro atoms. The number of rotatable bonds is 18. The number of Topliss-reactive ketones (excluding diaryl/α,β-unsaturated/α-hetero) is 1. The van der Waals surface area contributed by atoms with Gasteiger partial charge in [-0.05, 0) is 26.2 Å². The molecule has 0 amide bonds. The summed E-state index contributed by atoms with van der Waals surface area (Å²) in [6, 6.07) is 0. The smallest absolute Gasteiger partial charge is 0.129 e. The van der Waals surface area contributed by atoms with Crippen molar-refractivity contribution in [3.63, 3.8) is 0 Å². The summed E-state index contributed by atoms with van der Waals surface area (Å²) in [6.07, 6.45) is 20.5. The summed E-state index contributed by atoms with van der Waals surface area (Å²) in [5.74, 6) is 0.324. The van der Waals surface area contributed by atoms with Gasteiger partial charge in [0.25, 0.3) is 0 Å². The second-order valence-corrected chi connectivity index (χ2v) is 7.28. The maximum atomic E-state index is 10.8. The predicted octanol–water partition coefficient (Wildman–Crippen LogP) is 6.59. The van der Waals surface area contributed by atoms with E-state index in [0.717, 1.165) is 25.7 Å². The van der Waals surface area contributed by atoms with Crippen LogP contribution < -0.4 is 0 Å². The van der Waals surface area contributed by atoms with E-state index in [9.17, 15) is 9.90 Å². The van der Waals surface area contributed by atoms with Gasteiger partial charge in [-0.15, -0.1) is 0 Å². The lowest BCUT2D eigenvalue weighted by atomic mass is 10.0. The van der Waals surface area contributed by atoms with Crippen LogP contribution in [0.2, 0.25) is 0 Å². The molecule has 2 heteroatoms. The second-order valence-electron chi connectivity index (χ2n) is 7.28. The Labute approximate surface area is 145 Å². The lowest BCUT2D eigenvalue weighted by Gasteiger charge is -2.10. The first-order valence-corrected chi connectivity index (χ1v) is 10.3. The van der Waals surface area contributed by atoms with Gasteiger partial charge < -0.3 is 9.90 Å². The van der Waals surface area contributed by atoms with Crippen LogP contribution in [0.1, 0.15) is 123 Å². The summed E-state index contributed by atoms with van der Waals surface area (Å²) in [6.45, 7) is 3.93. The molecule has 0 heterocycles. The van der Waals surface area contributed by atoms with Gasteiger partial charge in [0.05, 0.1) is 6.10 Å². The fourth-order valence-corrected chi connectivity index (χ4v) is 3.12. The summed E-state index contributed by atoms with van der Waals surface area (Å²) >= 11 is 0. The minimum atomic E-state index is -0.0623. The van der Waals surface area contributed by atoms with E-state index < -0.39 is 0 Å². The number of hydrogen-bond acceptors (Lipinski definition) is 2. The van der Waals surface area contributed by atoms with Crippen LogP contribution in [-0.4, -0.2) is 17.0 Å². The van der Waals surface area contributed by atoms with Crippen LogP contribution in [0.5, 0.6) is 0 Å². The van der Waals surface area contributed by atoms with E-state index in [1.165, 1.54) is 83.5 Å². The molecule has 0 aliphatic heterocycles. The van der Waals surface area contributed by atoms with Crippen molar-refractivity contribution in [3.8, 4) is 0 Å². The van der Waals surface area contributed by atoms with Gasteiger partial charge in [-0.1, -0.05) is 90.4 Å². The summed E-state index contributed by atoms with van der Waals surface area (Å²) in [4.78, 5) is 10.8. The SMILES string of the molecule is CCCCCCCCC(O)CCCCCCCCCCC(C)=O. The van der Waals surface area contributed by atoms with Crippen molar-refractivity contribution in [1.82, 2.24) is 0 Å². The molecule has 0 bridgehead atoms.